The summed E-state index contributed by atoms with van der Waals surface area (Å²) in [7, 11) is 0. The highest BCUT2D eigenvalue weighted by atomic mass is 35.5. The molecule has 26 heavy (non-hydrogen) atoms. The van der Waals surface area contributed by atoms with Gasteiger partial charge in [-0.25, -0.2) is 0 Å². The molecule has 0 saturated carbocycles. The molecule has 136 valence electrons. The molecule has 1 aliphatic rings. The molecule has 0 saturated heterocycles. The maximum atomic E-state index is 12.4. The molecular formula is C21H22ClNO3. The maximum Gasteiger partial charge on any atom is 0.312 e. The van der Waals surface area contributed by atoms with E-state index in [1.807, 2.05) is 19.9 Å². The van der Waals surface area contributed by atoms with Gasteiger partial charge in [0.1, 0.15) is 5.75 Å². The summed E-state index contributed by atoms with van der Waals surface area (Å²) in [4.78, 5) is 24.8. The highest BCUT2D eigenvalue weighted by Crippen LogP contribution is 2.33. The average Bonchev–Trinajstić information content (AvgIpc) is 2.57. The van der Waals surface area contributed by atoms with Gasteiger partial charge in [0.05, 0.1) is 12.3 Å². The van der Waals surface area contributed by atoms with Crippen LogP contribution in [-0.2, 0) is 16.0 Å². The minimum Gasteiger partial charge on any atom is -0.426 e. The number of fused-ring (bicyclic) bond motifs is 1. The number of hydrogen-bond acceptors (Lipinski definition) is 3. The van der Waals surface area contributed by atoms with Crippen LogP contribution in [0.2, 0.25) is 5.02 Å². The third-order valence-corrected chi connectivity index (χ3v) is 5.38. The van der Waals surface area contributed by atoms with Crippen molar-refractivity contribution in [1.29, 1.82) is 0 Å². The molecule has 2 aromatic carbocycles. The summed E-state index contributed by atoms with van der Waals surface area (Å²) in [6.45, 7) is 8.00. The van der Waals surface area contributed by atoms with Gasteiger partial charge < -0.3 is 10.1 Å². The van der Waals surface area contributed by atoms with E-state index in [2.05, 4.69) is 19.2 Å². The molecule has 1 amide bonds. The lowest BCUT2D eigenvalue weighted by molar-refractivity contribution is -0.138. The average molecular weight is 372 g/mol. The van der Waals surface area contributed by atoms with E-state index in [1.165, 1.54) is 11.1 Å². The van der Waals surface area contributed by atoms with E-state index in [0.717, 1.165) is 22.4 Å². The molecule has 1 aliphatic heterocycles. The lowest BCUT2D eigenvalue weighted by atomic mass is 9.85. The molecule has 1 atom stereocenters. The Balaban J connectivity index is 1.75. The number of esters is 1. The SMILES string of the molecule is Cc1cc(Cl)ccc1OC(=O)CC1Cc2c(cc(C)c(C)c2C)NC1=O. The Hall–Kier alpha value is -2.33. The van der Waals surface area contributed by atoms with Crippen molar-refractivity contribution >= 4 is 29.2 Å². The van der Waals surface area contributed by atoms with E-state index >= 15 is 0 Å². The molecule has 0 aliphatic carbocycles. The molecule has 4 nitrogen and oxygen atoms in total. The molecule has 0 fully saturated rings. The summed E-state index contributed by atoms with van der Waals surface area (Å²) in [6, 6.07) is 7.08. The van der Waals surface area contributed by atoms with E-state index in [0.29, 0.717) is 17.2 Å². The summed E-state index contributed by atoms with van der Waals surface area (Å²) in [5.74, 6) is -0.507. The molecule has 1 N–H and O–H groups in total. The Morgan fingerprint density at radius 3 is 2.58 bits per heavy atom. The lowest BCUT2D eigenvalue weighted by Crippen LogP contribution is -2.33. The van der Waals surface area contributed by atoms with Gasteiger partial charge in [0.25, 0.3) is 0 Å². The van der Waals surface area contributed by atoms with Crippen LogP contribution in [0, 0.1) is 33.6 Å². The number of carbonyl (C=O) groups excluding carboxylic acids is 2. The quantitative estimate of drug-likeness (QED) is 0.629. The minimum absolute atomic E-state index is 0.0414. The second-order valence-electron chi connectivity index (χ2n) is 6.95. The zero-order chi connectivity index (χ0) is 19.0. The molecule has 5 heteroatoms. The molecule has 2 aromatic rings. The first-order chi connectivity index (χ1) is 12.3. The van der Waals surface area contributed by atoms with E-state index in [-0.39, 0.29) is 12.3 Å². The summed E-state index contributed by atoms with van der Waals surface area (Å²) in [6.07, 6.45) is 0.586. The molecule has 0 spiro atoms. The van der Waals surface area contributed by atoms with E-state index in [1.54, 1.807) is 18.2 Å². The van der Waals surface area contributed by atoms with Crippen molar-refractivity contribution in [3.8, 4) is 5.75 Å². The number of ether oxygens (including phenoxy) is 1. The van der Waals surface area contributed by atoms with Crippen molar-refractivity contribution in [2.45, 2.75) is 40.5 Å². The van der Waals surface area contributed by atoms with Crippen LogP contribution in [-0.4, -0.2) is 11.9 Å². The van der Waals surface area contributed by atoms with Crippen LogP contribution in [0.5, 0.6) is 5.75 Å². The highest BCUT2D eigenvalue weighted by molar-refractivity contribution is 6.30. The first-order valence-electron chi connectivity index (χ1n) is 8.63. The Morgan fingerprint density at radius 1 is 1.15 bits per heavy atom. The topological polar surface area (TPSA) is 55.4 Å². The number of amides is 1. The van der Waals surface area contributed by atoms with Crippen molar-refractivity contribution in [3.05, 3.63) is 57.1 Å². The van der Waals surface area contributed by atoms with Crippen LogP contribution in [0.1, 0.15) is 34.2 Å². The monoisotopic (exact) mass is 371 g/mol. The van der Waals surface area contributed by atoms with Gasteiger partial charge in [-0.05, 0) is 86.2 Å². The van der Waals surface area contributed by atoms with Gasteiger partial charge in [0.15, 0.2) is 0 Å². The van der Waals surface area contributed by atoms with Crippen LogP contribution in [0.3, 0.4) is 0 Å². The Bertz CT molecular complexity index is 905. The minimum atomic E-state index is -0.427. The van der Waals surface area contributed by atoms with Gasteiger partial charge >= 0.3 is 5.97 Å². The molecule has 0 aromatic heterocycles. The Kier molecular flexibility index (Phi) is 5.05. The molecule has 0 radical (unpaired) electrons. The van der Waals surface area contributed by atoms with E-state index in [9.17, 15) is 9.59 Å². The van der Waals surface area contributed by atoms with E-state index < -0.39 is 11.9 Å². The lowest BCUT2D eigenvalue weighted by Gasteiger charge is -2.27. The van der Waals surface area contributed by atoms with Crippen LogP contribution in [0.4, 0.5) is 5.69 Å². The number of nitrogens with one attached hydrogen (secondary N) is 1. The number of carbonyl (C=O) groups is 2. The second kappa shape index (κ2) is 7.12. The summed E-state index contributed by atoms with van der Waals surface area (Å²) >= 11 is 5.92. The van der Waals surface area contributed by atoms with Gasteiger partial charge in [-0.2, -0.15) is 0 Å². The fourth-order valence-electron chi connectivity index (χ4n) is 3.34. The van der Waals surface area contributed by atoms with Crippen LogP contribution in [0.15, 0.2) is 24.3 Å². The first-order valence-corrected chi connectivity index (χ1v) is 9.01. The number of anilines is 1. The number of rotatable bonds is 3. The van der Waals surface area contributed by atoms with Crippen molar-refractivity contribution < 1.29 is 14.3 Å². The van der Waals surface area contributed by atoms with Crippen molar-refractivity contribution in [2.24, 2.45) is 5.92 Å². The number of halogens is 1. The van der Waals surface area contributed by atoms with Gasteiger partial charge in [-0.15, -0.1) is 0 Å². The smallest absolute Gasteiger partial charge is 0.312 e. The molecule has 0 bridgehead atoms. The van der Waals surface area contributed by atoms with Crippen molar-refractivity contribution in [1.82, 2.24) is 0 Å². The molecule has 1 heterocycles. The van der Waals surface area contributed by atoms with Crippen LogP contribution < -0.4 is 10.1 Å². The van der Waals surface area contributed by atoms with E-state index in [4.69, 9.17) is 16.3 Å². The molecular weight excluding hydrogens is 350 g/mol. The van der Waals surface area contributed by atoms with Gasteiger partial charge in [-0.1, -0.05) is 11.6 Å². The van der Waals surface area contributed by atoms with Crippen molar-refractivity contribution in [2.75, 3.05) is 5.32 Å². The summed E-state index contributed by atoms with van der Waals surface area (Å²) < 4.78 is 5.43. The largest absolute Gasteiger partial charge is 0.426 e. The predicted molar refractivity (Wildman–Crippen MR) is 103 cm³/mol. The number of hydrogen-bond donors (Lipinski definition) is 1. The summed E-state index contributed by atoms with van der Waals surface area (Å²) in [5.41, 5.74) is 6.29. The number of aryl methyl sites for hydroxylation is 2. The van der Waals surface area contributed by atoms with Gasteiger partial charge in [0, 0.05) is 10.7 Å². The summed E-state index contributed by atoms with van der Waals surface area (Å²) in [5, 5.41) is 3.53. The van der Waals surface area contributed by atoms with Crippen molar-refractivity contribution in [3.63, 3.8) is 0 Å². The fourth-order valence-corrected chi connectivity index (χ4v) is 3.57. The van der Waals surface area contributed by atoms with Gasteiger partial charge in [-0.3, -0.25) is 9.59 Å². The zero-order valence-corrected chi connectivity index (χ0v) is 16.2. The third-order valence-electron chi connectivity index (χ3n) is 5.15. The number of benzene rings is 2. The fraction of sp³-hybridized carbons (Fsp3) is 0.333. The van der Waals surface area contributed by atoms with Crippen LogP contribution in [0.25, 0.3) is 0 Å². The zero-order valence-electron chi connectivity index (χ0n) is 15.4. The Morgan fingerprint density at radius 2 is 1.88 bits per heavy atom. The third kappa shape index (κ3) is 3.61. The maximum absolute atomic E-state index is 12.4. The molecule has 3 rings (SSSR count). The van der Waals surface area contributed by atoms with Gasteiger partial charge in [0.2, 0.25) is 5.91 Å². The highest BCUT2D eigenvalue weighted by Gasteiger charge is 2.30. The van der Waals surface area contributed by atoms with Crippen LogP contribution >= 0.6 is 11.6 Å². The Labute approximate surface area is 158 Å². The standard InChI is InChI=1S/C21H22ClNO3/c1-11-8-18-17(14(4)13(11)3)9-15(21(25)23-18)10-20(24)26-19-6-5-16(22)7-12(19)2/h5-8,15H,9-10H2,1-4H3,(H,23,25). The first kappa shape index (κ1) is 18.5. The second-order valence-corrected chi connectivity index (χ2v) is 7.38. The normalized spacial score (nSPS) is 16.0. The molecule has 1 unspecified atom stereocenters. The predicted octanol–water partition coefficient (Wildman–Crippen LogP) is 4.68.